The second kappa shape index (κ2) is 14.5. The van der Waals surface area contributed by atoms with Crippen LogP contribution >= 0.6 is 11.3 Å². The molecular weight excluding hydrogens is 757 g/mol. The van der Waals surface area contributed by atoms with Gasteiger partial charge in [0, 0.05) is 53.6 Å². The van der Waals surface area contributed by atoms with Crippen molar-refractivity contribution in [1.82, 2.24) is 4.57 Å². The highest BCUT2D eigenvalue weighted by Gasteiger charge is 2.19. The number of anilines is 3. The first-order valence-electron chi connectivity index (χ1n) is 20.8. The number of rotatable bonds is 7. The van der Waals surface area contributed by atoms with Crippen molar-refractivity contribution in [2.24, 2.45) is 0 Å². The van der Waals surface area contributed by atoms with Gasteiger partial charge in [-0.15, -0.1) is 11.3 Å². The number of hydrogen-bond donors (Lipinski definition) is 0. The van der Waals surface area contributed by atoms with Crippen molar-refractivity contribution in [3.63, 3.8) is 0 Å². The normalized spacial score (nSPS) is 11.6. The van der Waals surface area contributed by atoms with E-state index >= 15 is 0 Å². The van der Waals surface area contributed by atoms with Gasteiger partial charge in [0.15, 0.2) is 0 Å². The van der Waals surface area contributed by atoms with Crippen molar-refractivity contribution in [3.8, 4) is 39.1 Å². The Labute approximate surface area is 358 Å². The molecule has 12 rings (SSSR count). The summed E-state index contributed by atoms with van der Waals surface area (Å²) in [6, 6.07) is 84.2. The fourth-order valence-corrected chi connectivity index (χ4v) is 10.4. The summed E-state index contributed by atoms with van der Waals surface area (Å²) in [5.41, 5.74) is 14.1. The Bertz CT molecular complexity index is 3520. The highest BCUT2D eigenvalue weighted by Crippen LogP contribution is 2.44. The third kappa shape index (κ3) is 6.01. The molecule has 12 aromatic rings. The van der Waals surface area contributed by atoms with E-state index in [1.165, 1.54) is 86.1 Å². The molecule has 0 radical (unpaired) electrons. The van der Waals surface area contributed by atoms with E-state index < -0.39 is 0 Å². The van der Waals surface area contributed by atoms with E-state index in [1.54, 1.807) is 0 Å². The predicted octanol–water partition coefficient (Wildman–Crippen LogP) is 16.8. The van der Waals surface area contributed by atoms with E-state index in [9.17, 15) is 0 Å². The van der Waals surface area contributed by atoms with Crippen LogP contribution in [0.15, 0.2) is 231 Å². The van der Waals surface area contributed by atoms with E-state index in [0.29, 0.717) is 0 Å². The van der Waals surface area contributed by atoms with Crippen molar-refractivity contribution in [3.05, 3.63) is 231 Å². The van der Waals surface area contributed by atoms with Crippen LogP contribution in [0.2, 0.25) is 0 Å². The average molecular weight is 795 g/mol. The van der Waals surface area contributed by atoms with E-state index in [0.717, 1.165) is 22.7 Å². The molecule has 0 unspecified atom stereocenters. The molecule has 10 aromatic carbocycles. The van der Waals surface area contributed by atoms with Gasteiger partial charge in [0.25, 0.3) is 0 Å². The van der Waals surface area contributed by atoms with Crippen LogP contribution in [0.4, 0.5) is 17.1 Å². The lowest BCUT2D eigenvalue weighted by molar-refractivity contribution is 1.17. The quantitative estimate of drug-likeness (QED) is 0.156. The number of aromatic nitrogens is 1. The van der Waals surface area contributed by atoms with Crippen LogP contribution in [0, 0.1) is 0 Å². The lowest BCUT2D eigenvalue weighted by Crippen LogP contribution is -2.11. The van der Waals surface area contributed by atoms with Crippen LogP contribution in [0.3, 0.4) is 0 Å². The van der Waals surface area contributed by atoms with E-state index in [4.69, 9.17) is 0 Å². The fourth-order valence-electron chi connectivity index (χ4n) is 9.31. The van der Waals surface area contributed by atoms with Gasteiger partial charge in [-0.25, -0.2) is 0 Å². The molecule has 0 N–H and O–H groups in total. The standard InChI is InChI=1S/C58H38N2S/c1-2-14-47-41(12-1)13-11-19-48(47)42-26-24-39(25-27-42)40-28-31-44(32-29-40)59(45-33-35-46(36-34-45)60-55-21-8-4-16-50(55)51-17-5-9-22-56(51)60)54-20-7-3-15-49(54)43-30-37-58-53(38-43)52-18-6-10-23-57(52)61-58/h1-38H. The molecule has 0 atom stereocenters. The monoisotopic (exact) mass is 794 g/mol. The first-order valence-corrected chi connectivity index (χ1v) is 21.6. The maximum Gasteiger partial charge on any atom is 0.0541 e. The summed E-state index contributed by atoms with van der Waals surface area (Å²) in [4.78, 5) is 2.41. The fraction of sp³-hybridized carbons (Fsp3) is 0. The summed E-state index contributed by atoms with van der Waals surface area (Å²) in [5, 5.41) is 7.65. The van der Waals surface area contributed by atoms with Crippen LogP contribution in [0.25, 0.3) is 91.8 Å². The Hall–Kier alpha value is -7.72. The first kappa shape index (κ1) is 35.2. The van der Waals surface area contributed by atoms with Gasteiger partial charge < -0.3 is 9.47 Å². The van der Waals surface area contributed by atoms with Crippen LogP contribution in [0.1, 0.15) is 0 Å². The third-order valence-corrected chi connectivity index (χ3v) is 13.4. The molecule has 0 aliphatic rings. The summed E-state index contributed by atoms with van der Waals surface area (Å²) >= 11 is 1.86. The summed E-state index contributed by atoms with van der Waals surface area (Å²) in [6.07, 6.45) is 0. The number of hydrogen-bond acceptors (Lipinski definition) is 2. The molecule has 0 saturated heterocycles. The molecule has 3 heteroatoms. The third-order valence-electron chi connectivity index (χ3n) is 12.2. The lowest BCUT2D eigenvalue weighted by Gasteiger charge is -2.28. The molecule has 2 heterocycles. The Morgan fingerprint density at radius 1 is 0.328 bits per heavy atom. The molecule has 2 aromatic heterocycles. The van der Waals surface area contributed by atoms with Crippen molar-refractivity contribution in [1.29, 1.82) is 0 Å². The number of fused-ring (bicyclic) bond motifs is 7. The van der Waals surface area contributed by atoms with Crippen LogP contribution in [-0.4, -0.2) is 4.57 Å². The topological polar surface area (TPSA) is 8.17 Å². The van der Waals surface area contributed by atoms with Crippen molar-refractivity contribution in [2.45, 2.75) is 0 Å². The number of thiophene rings is 1. The molecule has 0 fully saturated rings. The second-order valence-corrected chi connectivity index (χ2v) is 16.8. The smallest absolute Gasteiger partial charge is 0.0541 e. The van der Waals surface area contributed by atoms with Gasteiger partial charge in [-0.2, -0.15) is 0 Å². The van der Waals surface area contributed by atoms with Crippen LogP contribution in [0.5, 0.6) is 0 Å². The van der Waals surface area contributed by atoms with Crippen LogP contribution in [-0.2, 0) is 0 Å². The average Bonchev–Trinajstić information content (AvgIpc) is 3.88. The van der Waals surface area contributed by atoms with E-state index in [2.05, 4.69) is 240 Å². The Morgan fingerprint density at radius 3 is 1.57 bits per heavy atom. The summed E-state index contributed by atoms with van der Waals surface area (Å²) in [6.45, 7) is 0. The largest absolute Gasteiger partial charge is 0.310 e. The molecule has 0 bridgehead atoms. The van der Waals surface area contributed by atoms with Crippen LogP contribution < -0.4 is 4.90 Å². The Balaban J connectivity index is 0.966. The predicted molar refractivity (Wildman–Crippen MR) is 262 cm³/mol. The highest BCUT2D eigenvalue weighted by atomic mass is 32.1. The second-order valence-electron chi connectivity index (χ2n) is 15.7. The van der Waals surface area contributed by atoms with Crippen molar-refractivity contribution >= 4 is 81.1 Å². The molecule has 0 amide bonds. The van der Waals surface area contributed by atoms with Gasteiger partial charge in [0.05, 0.1) is 16.7 Å². The molecule has 61 heavy (non-hydrogen) atoms. The van der Waals surface area contributed by atoms with Crippen molar-refractivity contribution in [2.75, 3.05) is 4.90 Å². The number of nitrogens with zero attached hydrogens (tertiary/aromatic N) is 2. The minimum Gasteiger partial charge on any atom is -0.310 e. The maximum absolute atomic E-state index is 2.41. The number of benzene rings is 10. The van der Waals surface area contributed by atoms with Gasteiger partial charge in [-0.1, -0.05) is 158 Å². The van der Waals surface area contributed by atoms with Gasteiger partial charge >= 0.3 is 0 Å². The Morgan fingerprint density at radius 2 is 0.836 bits per heavy atom. The highest BCUT2D eigenvalue weighted by molar-refractivity contribution is 7.25. The zero-order valence-electron chi connectivity index (χ0n) is 33.2. The SMILES string of the molecule is c1ccc(N(c2ccc(-c3ccc(-c4cccc5ccccc45)cc3)cc2)c2ccc(-n3c4ccccc4c4ccccc43)cc2)c(-c2ccc3sc4ccccc4c3c2)c1. The van der Waals surface area contributed by atoms with E-state index in [1.807, 2.05) is 11.3 Å². The van der Waals surface area contributed by atoms with Gasteiger partial charge in [-0.3, -0.25) is 0 Å². The van der Waals surface area contributed by atoms with E-state index in [-0.39, 0.29) is 0 Å². The zero-order valence-corrected chi connectivity index (χ0v) is 34.1. The molecule has 0 spiro atoms. The molecule has 2 nitrogen and oxygen atoms in total. The molecule has 0 aliphatic heterocycles. The molecule has 286 valence electrons. The summed E-state index contributed by atoms with van der Waals surface area (Å²) in [7, 11) is 0. The minimum atomic E-state index is 1.09. The maximum atomic E-state index is 2.41. The minimum absolute atomic E-state index is 1.09. The zero-order chi connectivity index (χ0) is 40.3. The lowest BCUT2D eigenvalue weighted by atomic mass is 9.96. The number of para-hydroxylation sites is 3. The molecular formula is C58H38N2S. The first-order chi connectivity index (χ1) is 30.2. The summed E-state index contributed by atoms with van der Waals surface area (Å²) < 4.78 is 5.00. The molecule has 0 aliphatic carbocycles. The van der Waals surface area contributed by atoms with Gasteiger partial charge in [-0.05, 0) is 111 Å². The van der Waals surface area contributed by atoms with Gasteiger partial charge in [0.2, 0.25) is 0 Å². The van der Waals surface area contributed by atoms with Crippen molar-refractivity contribution < 1.29 is 0 Å². The molecule has 0 saturated carbocycles. The summed E-state index contributed by atoms with van der Waals surface area (Å²) in [5.74, 6) is 0. The Kier molecular flexibility index (Phi) is 8.39. The van der Waals surface area contributed by atoms with Gasteiger partial charge in [0.1, 0.15) is 0 Å².